The van der Waals surface area contributed by atoms with Gasteiger partial charge >= 0.3 is 5.97 Å². The van der Waals surface area contributed by atoms with Crippen molar-refractivity contribution in [3.8, 4) is 0 Å². The largest absolute Gasteiger partial charge is 0.462 e. The first-order valence-electron chi connectivity index (χ1n) is 9.18. The highest BCUT2D eigenvalue weighted by Gasteiger charge is 2.18. The van der Waals surface area contributed by atoms with Crippen molar-refractivity contribution in [2.24, 2.45) is 12.0 Å². The summed E-state index contributed by atoms with van der Waals surface area (Å²) in [6, 6.07) is 9.73. The summed E-state index contributed by atoms with van der Waals surface area (Å²) in [7, 11) is 1.59. The van der Waals surface area contributed by atoms with Crippen LogP contribution in [-0.2, 0) is 11.8 Å². The van der Waals surface area contributed by atoms with Gasteiger partial charge in [0.25, 0.3) is 11.5 Å². The highest BCUT2D eigenvalue weighted by molar-refractivity contribution is 5.97. The molecule has 0 radical (unpaired) electrons. The van der Waals surface area contributed by atoms with Crippen LogP contribution in [0.15, 0.2) is 64.8 Å². The Morgan fingerprint density at radius 2 is 2.03 bits per heavy atom. The third-order valence-electron chi connectivity index (χ3n) is 4.53. The molecular weight excluding hydrogens is 386 g/mol. The molecular formula is C21H17N5O4. The zero-order valence-corrected chi connectivity index (χ0v) is 16.3. The molecule has 1 amide bonds. The van der Waals surface area contributed by atoms with E-state index in [-0.39, 0.29) is 39.8 Å². The van der Waals surface area contributed by atoms with Crippen molar-refractivity contribution in [2.45, 2.75) is 6.92 Å². The molecule has 0 N–H and O–H groups in total. The molecule has 0 atom stereocenters. The summed E-state index contributed by atoms with van der Waals surface area (Å²) in [5, 5.41) is 0.206. The number of amides is 1. The highest BCUT2D eigenvalue weighted by Crippen LogP contribution is 2.10. The maximum Gasteiger partial charge on any atom is 0.341 e. The fraction of sp³-hybridized carbons (Fsp3) is 0.143. The summed E-state index contributed by atoms with van der Waals surface area (Å²) in [4.78, 5) is 50.8. The first kappa shape index (κ1) is 19.2. The van der Waals surface area contributed by atoms with Crippen molar-refractivity contribution < 1.29 is 14.3 Å². The summed E-state index contributed by atoms with van der Waals surface area (Å²) in [6.45, 7) is 1.80. The Labute approximate surface area is 169 Å². The van der Waals surface area contributed by atoms with Gasteiger partial charge in [0.05, 0.1) is 17.6 Å². The van der Waals surface area contributed by atoms with E-state index < -0.39 is 11.9 Å². The molecule has 0 aliphatic heterocycles. The molecule has 150 valence electrons. The van der Waals surface area contributed by atoms with Crippen LogP contribution >= 0.6 is 0 Å². The molecule has 0 aliphatic rings. The van der Waals surface area contributed by atoms with E-state index in [1.165, 1.54) is 21.2 Å². The second-order valence-corrected chi connectivity index (χ2v) is 6.40. The quantitative estimate of drug-likeness (QED) is 0.379. The molecule has 0 aliphatic carbocycles. The number of fused-ring (bicyclic) bond motifs is 2. The molecule has 4 aromatic rings. The number of hydrogen-bond acceptors (Lipinski definition) is 6. The fourth-order valence-electron chi connectivity index (χ4n) is 3.11. The summed E-state index contributed by atoms with van der Waals surface area (Å²) < 4.78 is 7.95. The Kier molecular flexibility index (Phi) is 4.93. The van der Waals surface area contributed by atoms with Crippen LogP contribution in [-0.4, -0.2) is 37.4 Å². The number of hydrogen-bond donors (Lipinski definition) is 0. The van der Waals surface area contributed by atoms with Crippen molar-refractivity contribution >= 4 is 28.6 Å². The topological polar surface area (TPSA) is 108 Å². The van der Waals surface area contributed by atoms with Gasteiger partial charge in [-0.3, -0.25) is 19.0 Å². The number of rotatable bonds is 3. The van der Waals surface area contributed by atoms with Gasteiger partial charge < -0.3 is 9.30 Å². The second-order valence-electron chi connectivity index (χ2n) is 6.40. The minimum Gasteiger partial charge on any atom is -0.462 e. The van der Waals surface area contributed by atoms with Crippen LogP contribution in [0.3, 0.4) is 0 Å². The first-order valence-corrected chi connectivity index (χ1v) is 9.18. The van der Waals surface area contributed by atoms with Crippen molar-refractivity contribution in [1.82, 2.24) is 18.9 Å². The predicted octanol–water partition coefficient (Wildman–Crippen LogP) is 1.50. The Morgan fingerprint density at radius 1 is 1.20 bits per heavy atom. The number of carbonyl (C=O) groups is 2. The molecule has 0 aromatic carbocycles. The Bertz CT molecular complexity index is 1420. The van der Waals surface area contributed by atoms with E-state index in [2.05, 4.69) is 15.0 Å². The predicted molar refractivity (Wildman–Crippen MR) is 108 cm³/mol. The fourth-order valence-corrected chi connectivity index (χ4v) is 3.11. The molecule has 0 spiro atoms. The van der Waals surface area contributed by atoms with E-state index >= 15 is 0 Å². The molecule has 9 nitrogen and oxygen atoms in total. The number of aryl methyl sites for hydroxylation is 1. The van der Waals surface area contributed by atoms with Gasteiger partial charge in [-0.25, -0.2) is 9.78 Å². The highest BCUT2D eigenvalue weighted by atomic mass is 16.5. The maximum absolute atomic E-state index is 13.0. The van der Waals surface area contributed by atoms with Gasteiger partial charge in [0.2, 0.25) is 0 Å². The molecule has 4 rings (SSSR count). The average molecular weight is 403 g/mol. The van der Waals surface area contributed by atoms with Gasteiger partial charge in [0.15, 0.2) is 5.49 Å². The molecule has 9 heteroatoms. The number of carbonyl (C=O) groups excluding carboxylic acids is 2. The van der Waals surface area contributed by atoms with Gasteiger partial charge in [-0.15, -0.1) is 0 Å². The van der Waals surface area contributed by atoms with Crippen LogP contribution < -0.4 is 11.0 Å². The van der Waals surface area contributed by atoms with Gasteiger partial charge in [-0.1, -0.05) is 6.07 Å². The molecule has 4 aromatic heterocycles. The van der Waals surface area contributed by atoms with Gasteiger partial charge in [-0.2, -0.15) is 4.99 Å². The van der Waals surface area contributed by atoms with E-state index in [0.29, 0.717) is 5.65 Å². The Morgan fingerprint density at radius 3 is 2.77 bits per heavy atom. The lowest BCUT2D eigenvalue weighted by Crippen LogP contribution is -2.31. The molecule has 0 saturated heterocycles. The number of pyridine rings is 3. The van der Waals surface area contributed by atoms with E-state index in [1.54, 1.807) is 56.7 Å². The van der Waals surface area contributed by atoms with Gasteiger partial charge in [0.1, 0.15) is 16.9 Å². The maximum atomic E-state index is 13.0. The summed E-state index contributed by atoms with van der Waals surface area (Å²) in [5.74, 6) is -1.27. The Hall–Kier alpha value is -4.14. The van der Waals surface area contributed by atoms with Gasteiger partial charge in [-0.05, 0) is 37.3 Å². The van der Waals surface area contributed by atoms with E-state index in [0.717, 1.165) is 0 Å². The first-order chi connectivity index (χ1) is 14.5. The van der Waals surface area contributed by atoms with E-state index in [4.69, 9.17) is 4.74 Å². The molecule has 0 saturated carbocycles. The number of aromatic nitrogens is 4. The van der Waals surface area contributed by atoms with Crippen LogP contribution in [0.1, 0.15) is 27.6 Å². The van der Waals surface area contributed by atoms with Crippen LogP contribution in [0.25, 0.3) is 16.7 Å². The Balaban J connectivity index is 2.08. The van der Waals surface area contributed by atoms with Crippen molar-refractivity contribution in [2.75, 3.05) is 6.61 Å². The zero-order valence-electron chi connectivity index (χ0n) is 16.3. The molecule has 4 heterocycles. The summed E-state index contributed by atoms with van der Waals surface area (Å²) in [5.41, 5.74) is 0.678. The lowest BCUT2D eigenvalue weighted by molar-refractivity contribution is 0.0523. The minimum atomic E-state index is -0.690. The third-order valence-corrected chi connectivity index (χ3v) is 4.53. The van der Waals surface area contributed by atoms with Crippen LogP contribution in [0.5, 0.6) is 0 Å². The average Bonchev–Trinajstić information content (AvgIpc) is 2.77. The lowest BCUT2D eigenvalue weighted by Gasteiger charge is -2.11. The van der Waals surface area contributed by atoms with Crippen molar-refractivity contribution in [3.05, 3.63) is 82.0 Å². The molecule has 0 bridgehead atoms. The second kappa shape index (κ2) is 7.70. The normalized spacial score (nSPS) is 11.7. The van der Waals surface area contributed by atoms with Crippen LogP contribution in [0.2, 0.25) is 0 Å². The lowest BCUT2D eigenvalue weighted by atomic mass is 10.2. The van der Waals surface area contributed by atoms with E-state index in [1.807, 2.05) is 0 Å². The molecule has 0 unspecified atom stereocenters. The van der Waals surface area contributed by atoms with E-state index in [9.17, 15) is 14.4 Å². The van der Waals surface area contributed by atoms with Gasteiger partial charge in [0, 0.05) is 25.6 Å². The third kappa shape index (κ3) is 3.26. The minimum absolute atomic E-state index is 0.00104. The number of esters is 1. The number of nitrogens with zero attached hydrogens (tertiary/aromatic N) is 5. The van der Waals surface area contributed by atoms with Crippen LogP contribution in [0, 0.1) is 0 Å². The standard InChI is InChI=1S/C21H17N5O4/c1-3-30-21(29)15-11-14-17(23-16-8-4-5-10-26(16)20(14)28)25(2)18(15)24-19(27)13-7-6-9-22-12-13/h4-12H,3H2,1-2H3. The summed E-state index contributed by atoms with van der Waals surface area (Å²) in [6.07, 6.45) is 4.52. The van der Waals surface area contributed by atoms with Crippen molar-refractivity contribution in [1.29, 1.82) is 0 Å². The summed E-state index contributed by atoms with van der Waals surface area (Å²) >= 11 is 0. The van der Waals surface area contributed by atoms with Crippen molar-refractivity contribution in [3.63, 3.8) is 0 Å². The smallest absolute Gasteiger partial charge is 0.341 e. The van der Waals surface area contributed by atoms with Crippen LogP contribution in [0.4, 0.5) is 0 Å². The molecule has 30 heavy (non-hydrogen) atoms. The number of ether oxygens (including phenoxy) is 1. The monoisotopic (exact) mass is 403 g/mol. The molecule has 0 fully saturated rings. The SMILES string of the molecule is CCOC(=O)c1cc2c(=O)n3ccccc3nc2n(C)c1=NC(=O)c1cccnc1. The zero-order chi connectivity index (χ0) is 21.3.